The second-order valence-corrected chi connectivity index (χ2v) is 8.79. The quantitative estimate of drug-likeness (QED) is 0.431. The molecule has 3 aromatic rings. The molecule has 0 fully saturated rings. The molecule has 1 aromatic heterocycles. The Bertz CT molecular complexity index is 1270. The Morgan fingerprint density at radius 3 is 2.59 bits per heavy atom. The fourth-order valence-electron chi connectivity index (χ4n) is 4.15. The van der Waals surface area contributed by atoms with Crippen molar-refractivity contribution in [3.05, 3.63) is 64.8 Å². The number of benzene rings is 2. The average Bonchev–Trinajstić information content (AvgIpc) is 3.48. The summed E-state index contributed by atoms with van der Waals surface area (Å²) in [5.41, 5.74) is 9.64. The van der Waals surface area contributed by atoms with Crippen LogP contribution in [-0.2, 0) is 22.7 Å². The van der Waals surface area contributed by atoms with Gasteiger partial charge in [0.15, 0.2) is 0 Å². The molecule has 0 saturated heterocycles. The topological polar surface area (TPSA) is 121 Å². The van der Waals surface area contributed by atoms with Gasteiger partial charge in [0.2, 0.25) is 17.6 Å². The molecule has 12 heteroatoms. The van der Waals surface area contributed by atoms with Crippen molar-refractivity contribution in [2.45, 2.75) is 26.9 Å². The normalized spacial score (nSPS) is 12.6. The van der Waals surface area contributed by atoms with Crippen LogP contribution in [0, 0.1) is 19.7 Å². The van der Waals surface area contributed by atoms with E-state index in [4.69, 9.17) is 10.3 Å². The first kappa shape index (κ1) is 28.0. The van der Waals surface area contributed by atoms with E-state index in [9.17, 15) is 14.0 Å². The highest BCUT2D eigenvalue weighted by molar-refractivity contribution is 5.87. The molecule has 0 saturated carbocycles. The van der Waals surface area contributed by atoms with E-state index in [1.807, 2.05) is 30.1 Å². The van der Waals surface area contributed by atoms with Gasteiger partial charge in [-0.3, -0.25) is 14.6 Å². The van der Waals surface area contributed by atoms with Gasteiger partial charge in [0, 0.05) is 51.4 Å². The van der Waals surface area contributed by atoms with Crippen molar-refractivity contribution in [2.24, 2.45) is 5.73 Å². The minimum Gasteiger partial charge on any atom is -0.353 e. The molecule has 0 radical (unpaired) electrons. The molecule has 2 heterocycles. The summed E-state index contributed by atoms with van der Waals surface area (Å²) >= 11 is 0. The summed E-state index contributed by atoms with van der Waals surface area (Å²) in [6, 6.07) is 10.3. The number of carbonyl (C=O) groups excluding carboxylic acids is 2. The van der Waals surface area contributed by atoms with Gasteiger partial charge in [-0.2, -0.15) is 4.98 Å². The predicted molar refractivity (Wildman–Crippen MR) is 139 cm³/mol. The monoisotopic (exact) mass is 531 g/mol. The lowest BCUT2D eigenvalue weighted by Gasteiger charge is -2.32. The SMILES string of the molecule is Cc1nc(-c2ccc(C)c(N(CC(=O)NCCN)CC(=O)N(C)N3Cc4ccc(F)cc4C3)c2)no1.Cl. The molecule has 0 spiro atoms. The first-order valence-corrected chi connectivity index (χ1v) is 11.7. The molecule has 0 atom stereocenters. The van der Waals surface area contributed by atoms with E-state index in [0.717, 1.165) is 16.7 Å². The van der Waals surface area contributed by atoms with Crippen LogP contribution in [0.4, 0.5) is 10.1 Å². The standard InChI is InChI=1S/C25H30FN7O3.ClH/c1-16-4-5-18(25-29-17(2)36-30-25)11-22(16)32(14-23(34)28-9-8-27)15-24(35)31(3)33-12-19-6-7-21(26)10-20(19)13-33;/h4-7,10-11H,8-9,12-15,27H2,1-3H3,(H,28,34);1H. The van der Waals surface area contributed by atoms with Gasteiger partial charge in [0.25, 0.3) is 5.91 Å². The number of nitrogens with one attached hydrogen (secondary N) is 1. The number of hydrogen-bond donors (Lipinski definition) is 2. The number of halogens is 2. The molecule has 3 N–H and O–H groups in total. The Morgan fingerprint density at radius 2 is 1.89 bits per heavy atom. The first-order chi connectivity index (χ1) is 17.2. The van der Waals surface area contributed by atoms with Crippen LogP contribution < -0.4 is 16.0 Å². The van der Waals surface area contributed by atoms with Crippen molar-refractivity contribution in [1.29, 1.82) is 0 Å². The number of rotatable bonds is 9. The summed E-state index contributed by atoms with van der Waals surface area (Å²) in [7, 11) is 1.68. The first-order valence-electron chi connectivity index (χ1n) is 11.7. The number of amides is 2. The molecule has 1 aliphatic heterocycles. The highest BCUT2D eigenvalue weighted by Gasteiger charge is 2.27. The molecule has 2 aromatic carbocycles. The highest BCUT2D eigenvalue weighted by Crippen LogP contribution is 2.28. The summed E-state index contributed by atoms with van der Waals surface area (Å²) in [5.74, 6) is 0.0990. The zero-order chi connectivity index (χ0) is 25.8. The molecule has 0 bridgehead atoms. The maximum Gasteiger partial charge on any atom is 0.256 e. The predicted octanol–water partition coefficient (Wildman–Crippen LogP) is 2.18. The van der Waals surface area contributed by atoms with Crippen molar-refractivity contribution in [3.63, 3.8) is 0 Å². The average molecular weight is 532 g/mol. The number of hydrogen-bond acceptors (Lipinski definition) is 8. The van der Waals surface area contributed by atoms with Crippen molar-refractivity contribution in [3.8, 4) is 11.4 Å². The van der Waals surface area contributed by atoms with Gasteiger partial charge in [-0.1, -0.05) is 23.4 Å². The number of nitrogens with two attached hydrogens (primary N) is 1. The van der Waals surface area contributed by atoms with Crippen LogP contribution in [-0.4, -0.2) is 65.2 Å². The number of hydrazine groups is 1. The van der Waals surface area contributed by atoms with Gasteiger partial charge in [-0.25, -0.2) is 9.40 Å². The van der Waals surface area contributed by atoms with Crippen molar-refractivity contribution in [2.75, 3.05) is 38.1 Å². The van der Waals surface area contributed by atoms with Gasteiger partial charge in [0.05, 0.1) is 13.1 Å². The molecular formula is C25H31ClFN7O3. The van der Waals surface area contributed by atoms with E-state index >= 15 is 0 Å². The lowest BCUT2D eigenvalue weighted by Crippen LogP contribution is -2.48. The van der Waals surface area contributed by atoms with Crippen LogP contribution in [0.5, 0.6) is 0 Å². The highest BCUT2D eigenvalue weighted by atomic mass is 35.5. The third-order valence-electron chi connectivity index (χ3n) is 6.12. The Morgan fingerprint density at radius 1 is 1.14 bits per heavy atom. The summed E-state index contributed by atoms with van der Waals surface area (Å²) in [6.07, 6.45) is 0. The second-order valence-electron chi connectivity index (χ2n) is 8.79. The number of anilines is 1. The van der Waals surface area contributed by atoms with Gasteiger partial charge in [-0.15, -0.1) is 12.4 Å². The Labute approximate surface area is 221 Å². The smallest absolute Gasteiger partial charge is 0.256 e. The van der Waals surface area contributed by atoms with Crippen LogP contribution in [0.2, 0.25) is 0 Å². The Balaban J connectivity index is 0.00000380. The third-order valence-corrected chi connectivity index (χ3v) is 6.12. The number of aryl methyl sites for hydroxylation is 2. The fourth-order valence-corrected chi connectivity index (χ4v) is 4.15. The summed E-state index contributed by atoms with van der Waals surface area (Å²) in [4.78, 5) is 32.0. The third kappa shape index (κ3) is 6.62. The Hall–Kier alpha value is -3.54. The molecular weight excluding hydrogens is 501 g/mol. The second kappa shape index (κ2) is 12.1. The van der Waals surface area contributed by atoms with Crippen LogP contribution in [0.25, 0.3) is 11.4 Å². The molecule has 1 aliphatic rings. The maximum atomic E-state index is 13.6. The van der Waals surface area contributed by atoms with E-state index in [1.54, 1.807) is 24.9 Å². The molecule has 37 heavy (non-hydrogen) atoms. The van der Waals surface area contributed by atoms with E-state index in [2.05, 4.69) is 15.5 Å². The Kier molecular flexibility index (Phi) is 9.19. The van der Waals surface area contributed by atoms with Crippen molar-refractivity contribution in [1.82, 2.24) is 25.5 Å². The lowest BCUT2D eigenvalue weighted by atomic mass is 10.1. The number of carbonyl (C=O) groups is 2. The van der Waals surface area contributed by atoms with Gasteiger partial charge in [0.1, 0.15) is 5.82 Å². The van der Waals surface area contributed by atoms with Crippen LogP contribution in [0.1, 0.15) is 22.6 Å². The molecule has 4 rings (SSSR count). The summed E-state index contributed by atoms with van der Waals surface area (Å²) in [6.45, 7) is 5.10. The van der Waals surface area contributed by atoms with Crippen molar-refractivity contribution < 1.29 is 18.5 Å². The van der Waals surface area contributed by atoms with E-state index in [-0.39, 0.29) is 43.1 Å². The van der Waals surface area contributed by atoms with Crippen LogP contribution in [0.3, 0.4) is 0 Å². The van der Waals surface area contributed by atoms with E-state index < -0.39 is 0 Å². The molecule has 0 aliphatic carbocycles. The molecule has 0 unspecified atom stereocenters. The molecule has 10 nitrogen and oxygen atoms in total. The largest absolute Gasteiger partial charge is 0.353 e. The van der Waals surface area contributed by atoms with E-state index in [0.29, 0.717) is 49.1 Å². The van der Waals surface area contributed by atoms with Crippen LogP contribution >= 0.6 is 12.4 Å². The molecule has 2 amide bonds. The number of aromatic nitrogens is 2. The number of fused-ring (bicyclic) bond motifs is 1. The summed E-state index contributed by atoms with van der Waals surface area (Å²) in [5, 5.41) is 10.1. The van der Waals surface area contributed by atoms with Crippen LogP contribution in [0.15, 0.2) is 40.9 Å². The minimum absolute atomic E-state index is 0. The number of nitrogens with zero attached hydrogens (tertiary/aromatic N) is 5. The summed E-state index contributed by atoms with van der Waals surface area (Å²) < 4.78 is 18.8. The minimum atomic E-state index is -0.300. The van der Waals surface area contributed by atoms with Gasteiger partial charge in [-0.05, 0) is 41.8 Å². The van der Waals surface area contributed by atoms with E-state index in [1.165, 1.54) is 17.1 Å². The number of likely N-dealkylation sites (N-methyl/N-ethyl adjacent to an activating group) is 1. The van der Waals surface area contributed by atoms with Gasteiger partial charge >= 0.3 is 0 Å². The lowest BCUT2D eigenvalue weighted by molar-refractivity contribution is -0.145. The van der Waals surface area contributed by atoms with Gasteiger partial charge < -0.3 is 20.5 Å². The molecule has 198 valence electrons. The zero-order valence-electron chi connectivity index (χ0n) is 21.0. The van der Waals surface area contributed by atoms with Crippen molar-refractivity contribution >= 4 is 29.9 Å². The maximum absolute atomic E-state index is 13.6. The zero-order valence-corrected chi connectivity index (χ0v) is 21.8. The fraction of sp³-hybridized carbons (Fsp3) is 0.360.